The number of aryl methyl sites for hydroxylation is 1. The smallest absolute Gasteiger partial charge is 0.326 e. The average Bonchev–Trinajstić information content (AvgIpc) is 2.54. The van der Waals surface area contributed by atoms with Crippen LogP contribution in [0.4, 0.5) is 0 Å². The molecule has 0 radical (unpaired) electrons. The van der Waals surface area contributed by atoms with Crippen LogP contribution in [0, 0.1) is 19.8 Å². The number of carboxylic acid groups (broad SMARTS) is 1. The third-order valence-electron chi connectivity index (χ3n) is 4.56. The summed E-state index contributed by atoms with van der Waals surface area (Å²) in [6.45, 7) is 9.91. The first-order chi connectivity index (χ1) is 11.2. The number of carbonyl (C=O) groups is 2. The van der Waals surface area contributed by atoms with Crippen molar-refractivity contribution in [2.45, 2.75) is 66.5 Å². The van der Waals surface area contributed by atoms with Crippen LogP contribution in [0.2, 0.25) is 0 Å². The van der Waals surface area contributed by atoms with Crippen molar-refractivity contribution in [2.75, 3.05) is 0 Å². The number of unbranched alkanes of at least 4 members (excludes halogenated alkanes) is 1. The lowest BCUT2D eigenvalue weighted by Crippen LogP contribution is -2.46. The zero-order valence-electron chi connectivity index (χ0n) is 15.2. The van der Waals surface area contributed by atoms with E-state index in [2.05, 4.69) is 5.32 Å². The zero-order chi connectivity index (χ0) is 18.4. The molecular formula is C18H28N2O4. The van der Waals surface area contributed by atoms with Crippen LogP contribution < -0.4 is 10.9 Å². The van der Waals surface area contributed by atoms with Crippen LogP contribution >= 0.6 is 0 Å². The van der Waals surface area contributed by atoms with Crippen LogP contribution in [-0.4, -0.2) is 27.6 Å². The number of aliphatic carboxylic acids is 1. The van der Waals surface area contributed by atoms with Gasteiger partial charge in [0, 0.05) is 12.2 Å². The third kappa shape index (κ3) is 4.46. The fourth-order valence-corrected chi connectivity index (χ4v) is 2.54. The van der Waals surface area contributed by atoms with Crippen molar-refractivity contribution in [3.05, 3.63) is 33.2 Å². The van der Waals surface area contributed by atoms with E-state index >= 15 is 0 Å². The fourth-order valence-electron chi connectivity index (χ4n) is 2.54. The molecule has 1 rings (SSSR count). The highest BCUT2D eigenvalue weighted by atomic mass is 16.4. The number of carbonyl (C=O) groups excluding carboxylic acids is 1. The van der Waals surface area contributed by atoms with Crippen LogP contribution in [0.15, 0.2) is 10.9 Å². The van der Waals surface area contributed by atoms with Crippen molar-refractivity contribution in [3.8, 4) is 0 Å². The van der Waals surface area contributed by atoms with E-state index in [1.807, 2.05) is 27.7 Å². The Morgan fingerprint density at radius 3 is 2.42 bits per heavy atom. The van der Waals surface area contributed by atoms with Crippen molar-refractivity contribution in [3.63, 3.8) is 0 Å². The molecule has 0 aliphatic heterocycles. The fraction of sp³-hybridized carbons (Fsp3) is 0.611. The predicted octanol–water partition coefficient (Wildman–Crippen LogP) is 2.49. The molecule has 0 saturated heterocycles. The van der Waals surface area contributed by atoms with E-state index in [-0.39, 0.29) is 17.0 Å². The molecule has 2 N–H and O–H groups in total. The molecule has 0 aliphatic rings. The first-order valence-electron chi connectivity index (χ1n) is 8.49. The van der Waals surface area contributed by atoms with E-state index in [0.717, 1.165) is 24.1 Å². The zero-order valence-corrected chi connectivity index (χ0v) is 15.2. The highest BCUT2D eigenvalue weighted by molar-refractivity contribution is 5.96. The van der Waals surface area contributed by atoms with Gasteiger partial charge in [-0.1, -0.05) is 33.6 Å². The summed E-state index contributed by atoms with van der Waals surface area (Å²) in [4.78, 5) is 36.5. The Bertz CT molecular complexity index is 664. The maximum Gasteiger partial charge on any atom is 0.326 e. The maximum absolute atomic E-state index is 12.6. The summed E-state index contributed by atoms with van der Waals surface area (Å²) < 4.78 is 1.60. The van der Waals surface area contributed by atoms with Gasteiger partial charge < -0.3 is 15.0 Å². The van der Waals surface area contributed by atoms with Gasteiger partial charge in [0.2, 0.25) is 0 Å². The standard InChI is InChI=1S/C18H28N2O4/c1-6-8-9-20-13(5)12(4)10-14(17(20)22)16(21)19-15(18(23)24)11(3)7-2/h10-11,15H,6-9H2,1-5H3,(H,19,21)(H,23,24)/t11-,15+/m1/s1. The first-order valence-corrected chi connectivity index (χ1v) is 8.49. The van der Waals surface area contributed by atoms with Crippen molar-refractivity contribution in [1.82, 2.24) is 9.88 Å². The Morgan fingerprint density at radius 1 is 1.29 bits per heavy atom. The summed E-state index contributed by atoms with van der Waals surface area (Å²) >= 11 is 0. The van der Waals surface area contributed by atoms with Crippen LogP contribution in [0.25, 0.3) is 0 Å². The number of carboxylic acids is 1. The molecule has 0 bridgehead atoms. The van der Waals surface area contributed by atoms with Gasteiger partial charge in [-0.25, -0.2) is 4.79 Å². The largest absolute Gasteiger partial charge is 0.480 e. The van der Waals surface area contributed by atoms with Gasteiger partial charge in [-0.2, -0.15) is 0 Å². The van der Waals surface area contributed by atoms with Crippen molar-refractivity contribution in [1.29, 1.82) is 0 Å². The molecule has 0 aromatic carbocycles. The number of aromatic nitrogens is 1. The van der Waals surface area contributed by atoms with Gasteiger partial charge in [-0.3, -0.25) is 9.59 Å². The molecule has 1 heterocycles. The van der Waals surface area contributed by atoms with Gasteiger partial charge in [0.15, 0.2) is 0 Å². The van der Waals surface area contributed by atoms with Crippen LogP contribution in [0.3, 0.4) is 0 Å². The van der Waals surface area contributed by atoms with Gasteiger partial charge >= 0.3 is 5.97 Å². The quantitative estimate of drug-likeness (QED) is 0.763. The van der Waals surface area contributed by atoms with E-state index in [1.54, 1.807) is 17.6 Å². The lowest BCUT2D eigenvalue weighted by atomic mass is 9.99. The average molecular weight is 336 g/mol. The molecule has 0 saturated carbocycles. The molecule has 6 nitrogen and oxygen atoms in total. The first kappa shape index (κ1) is 19.9. The highest BCUT2D eigenvalue weighted by Gasteiger charge is 2.27. The number of nitrogens with one attached hydrogen (secondary N) is 1. The number of hydrogen-bond acceptors (Lipinski definition) is 3. The second kappa shape index (κ2) is 8.66. The SMILES string of the molecule is CCCCn1c(C)c(C)cc(C(=O)N[C@H](C(=O)O)[C@H](C)CC)c1=O. The Labute approximate surface area is 142 Å². The molecule has 2 atom stereocenters. The van der Waals surface area contributed by atoms with Crippen LogP contribution in [0.5, 0.6) is 0 Å². The third-order valence-corrected chi connectivity index (χ3v) is 4.56. The van der Waals surface area contributed by atoms with Gasteiger partial charge in [0.05, 0.1) is 0 Å². The lowest BCUT2D eigenvalue weighted by Gasteiger charge is -2.21. The second-order valence-corrected chi connectivity index (χ2v) is 6.31. The molecule has 1 aromatic heterocycles. The summed E-state index contributed by atoms with van der Waals surface area (Å²) in [7, 11) is 0. The number of rotatable bonds is 8. The Balaban J connectivity index is 3.21. The lowest BCUT2D eigenvalue weighted by molar-refractivity contribution is -0.140. The van der Waals surface area contributed by atoms with Gasteiger partial charge in [0.25, 0.3) is 11.5 Å². The number of pyridine rings is 1. The van der Waals surface area contributed by atoms with Crippen molar-refractivity contribution < 1.29 is 14.7 Å². The van der Waals surface area contributed by atoms with Crippen LogP contribution in [0.1, 0.15) is 61.6 Å². The predicted molar refractivity (Wildman–Crippen MR) is 93.4 cm³/mol. The minimum atomic E-state index is -1.09. The molecule has 6 heteroatoms. The number of amides is 1. The van der Waals surface area contributed by atoms with Crippen LogP contribution in [-0.2, 0) is 11.3 Å². The minimum absolute atomic E-state index is 0.00348. The molecule has 0 unspecified atom stereocenters. The highest BCUT2D eigenvalue weighted by Crippen LogP contribution is 2.11. The van der Waals surface area contributed by atoms with E-state index < -0.39 is 17.9 Å². The summed E-state index contributed by atoms with van der Waals surface area (Å²) in [6, 6.07) is 0.540. The Kier molecular flexibility index (Phi) is 7.19. The number of nitrogens with zero attached hydrogens (tertiary/aromatic N) is 1. The second-order valence-electron chi connectivity index (χ2n) is 6.31. The van der Waals surface area contributed by atoms with Crippen molar-refractivity contribution in [2.24, 2.45) is 5.92 Å². The van der Waals surface area contributed by atoms with E-state index in [9.17, 15) is 19.5 Å². The molecule has 134 valence electrons. The molecule has 0 spiro atoms. The van der Waals surface area contributed by atoms with E-state index in [1.165, 1.54) is 0 Å². The Morgan fingerprint density at radius 2 is 1.92 bits per heavy atom. The minimum Gasteiger partial charge on any atom is -0.480 e. The molecular weight excluding hydrogens is 308 g/mol. The van der Waals surface area contributed by atoms with Crippen molar-refractivity contribution >= 4 is 11.9 Å². The molecule has 1 amide bonds. The molecule has 0 aliphatic carbocycles. The summed E-state index contributed by atoms with van der Waals surface area (Å²) in [5.74, 6) is -1.94. The Hall–Kier alpha value is -2.11. The maximum atomic E-state index is 12.6. The van der Waals surface area contributed by atoms with E-state index in [4.69, 9.17) is 0 Å². The van der Waals surface area contributed by atoms with E-state index in [0.29, 0.717) is 13.0 Å². The monoisotopic (exact) mass is 336 g/mol. The summed E-state index contributed by atoms with van der Waals surface area (Å²) in [6.07, 6.45) is 2.40. The molecule has 1 aromatic rings. The molecule has 24 heavy (non-hydrogen) atoms. The van der Waals surface area contributed by atoms with Gasteiger partial charge in [-0.05, 0) is 37.8 Å². The van der Waals surface area contributed by atoms with Gasteiger partial charge in [-0.15, -0.1) is 0 Å². The molecule has 0 fully saturated rings. The summed E-state index contributed by atoms with van der Waals surface area (Å²) in [5.41, 5.74) is 1.31. The normalized spacial score (nSPS) is 13.4. The topological polar surface area (TPSA) is 88.4 Å². The van der Waals surface area contributed by atoms with Gasteiger partial charge in [0.1, 0.15) is 11.6 Å². The number of hydrogen-bond donors (Lipinski definition) is 2. The summed E-state index contributed by atoms with van der Waals surface area (Å²) in [5, 5.41) is 11.8.